The molecule has 0 aliphatic rings. The highest BCUT2D eigenvalue weighted by atomic mass is 127. The maximum absolute atomic E-state index is 12.6. The molecule has 3 aromatic carbocycles. The minimum atomic E-state index is -0.203. The maximum atomic E-state index is 12.6. The van der Waals surface area contributed by atoms with Gasteiger partial charge in [-0.1, -0.05) is 23.4 Å². The fraction of sp³-hybridized carbons (Fsp3) is 0.0455. The molecule has 0 aliphatic heterocycles. The summed E-state index contributed by atoms with van der Waals surface area (Å²) in [6.07, 6.45) is 0. The first-order valence-electron chi connectivity index (χ1n) is 8.78. The van der Waals surface area contributed by atoms with Gasteiger partial charge in [-0.2, -0.15) is 4.98 Å². The number of hydrogen-bond acceptors (Lipinski definition) is 5. The normalized spacial score (nSPS) is 10.6. The number of halogens is 1. The van der Waals surface area contributed by atoms with Crippen molar-refractivity contribution in [3.05, 3.63) is 81.9 Å². The second-order valence-electron chi connectivity index (χ2n) is 6.16. The minimum absolute atomic E-state index is 0.203. The van der Waals surface area contributed by atoms with Crippen molar-refractivity contribution >= 4 is 34.2 Å². The van der Waals surface area contributed by atoms with Crippen LogP contribution in [0.3, 0.4) is 0 Å². The van der Waals surface area contributed by atoms with Crippen molar-refractivity contribution in [1.29, 1.82) is 0 Å². The first kappa shape index (κ1) is 19.1. The van der Waals surface area contributed by atoms with Crippen LogP contribution in [0.5, 0.6) is 5.75 Å². The molecule has 6 nitrogen and oxygen atoms in total. The van der Waals surface area contributed by atoms with E-state index in [4.69, 9.17) is 9.26 Å². The van der Waals surface area contributed by atoms with Crippen molar-refractivity contribution in [3.63, 3.8) is 0 Å². The van der Waals surface area contributed by atoms with Gasteiger partial charge in [-0.05, 0) is 77.2 Å². The van der Waals surface area contributed by atoms with Gasteiger partial charge in [0.05, 0.1) is 18.4 Å². The summed E-state index contributed by atoms with van der Waals surface area (Å²) in [5.41, 5.74) is 2.64. The lowest BCUT2D eigenvalue weighted by atomic mass is 10.1. The van der Waals surface area contributed by atoms with Crippen molar-refractivity contribution < 1.29 is 14.1 Å². The van der Waals surface area contributed by atoms with Crippen LogP contribution in [0.2, 0.25) is 0 Å². The van der Waals surface area contributed by atoms with Gasteiger partial charge in [0.15, 0.2) is 0 Å². The van der Waals surface area contributed by atoms with Crippen LogP contribution in [0.4, 0.5) is 5.69 Å². The quantitative estimate of drug-likeness (QED) is 0.381. The number of benzene rings is 3. The second kappa shape index (κ2) is 8.44. The summed E-state index contributed by atoms with van der Waals surface area (Å²) in [4.78, 5) is 17.1. The van der Waals surface area contributed by atoms with Crippen LogP contribution >= 0.6 is 22.6 Å². The summed E-state index contributed by atoms with van der Waals surface area (Å²) >= 11 is 2.18. The molecule has 144 valence electrons. The zero-order valence-corrected chi connectivity index (χ0v) is 17.6. The van der Waals surface area contributed by atoms with Gasteiger partial charge in [-0.25, -0.2) is 0 Å². The Morgan fingerprint density at radius 1 is 1.03 bits per heavy atom. The van der Waals surface area contributed by atoms with E-state index < -0.39 is 0 Å². The number of anilines is 1. The number of rotatable bonds is 5. The van der Waals surface area contributed by atoms with Crippen molar-refractivity contribution in [2.45, 2.75) is 0 Å². The van der Waals surface area contributed by atoms with E-state index in [1.165, 1.54) is 0 Å². The monoisotopic (exact) mass is 497 g/mol. The third-order valence-corrected chi connectivity index (χ3v) is 4.94. The number of carbonyl (C=O) groups is 1. The number of para-hydroxylation sites is 1. The van der Waals surface area contributed by atoms with Crippen LogP contribution in [0.25, 0.3) is 22.8 Å². The number of nitrogens with one attached hydrogen (secondary N) is 1. The Kier molecular flexibility index (Phi) is 5.57. The summed E-state index contributed by atoms with van der Waals surface area (Å²) in [6, 6.07) is 22.1. The summed E-state index contributed by atoms with van der Waals surface area (Å²) in [5, 5.41) is 7.00. The molecule has 0 saturated carbocycles. The van der Waals surface area contributed by atoms with Crippen molar-refractivity contribution in [3.8, 4) is 28.6 Å². The number of carbonyl (C=O) groups excluding carboxylic acids is 1. The molecule has 7 heteroatoms. The lowest BCUT2D eigenvalue weighted by Crippen LogP contribution is -2.12. The molecule has 4 aromatic rings. The molecule has 0 fully saturated rings. The van der Waals surface area contributed by atoms with E-state index in [0.717, 1.165) is 14.9 Å². The van der Waals surface area contributed by atoms with E-state index in [1.54, 1.807) is 19.2 Å². The Bertz CT molecular complexity index is 1160. The fourth-order valence-electron chi connectivity index (χ4n) is 2.79. The first-order chi connectivity index (χ1) is 14.1. The van der Waals surface area contributed by atoms with Gasteiger partial charge in [0.2, 0.25) is 5.82 Å². The Balaban J connectivity index is 1.61. The van der Waals surface area contributed by atoms with E-state index in [-0.39, 0.29) is 5.91 Å². The summed E-state index contributed by atoms with van der Waals surface area (Å²) < 4.78 is 11.6. The van der Waals surface area contributed by atoms with Crippen LogP contribution < -0.4 is 10.1 Å². The predicted octanol–water partition coefficient (Wildman–Crippen LogP) is 5.27. The van der Waals surface area contributed by atoms with Gasteiger partial charge in [0.1, 0.15) is 5.75 Å². The number of methoxy groups -OCH3 is 1. The standard InChI is InChI=1S/C22H16IN3O3/c1-28-17-11-9-14(10-12-17)20-25-22(29-26-20)18-7-2-3-8-19(18)24-21(27)15-5-4-6-16(23)13-15/h2-13H,1H3,(H,24,27). The van der Waals surface area contributed by atoms with Crippen molar-refractivity contribution in [2.75, 3.05) is 12.4 Å². The third-order valence-electron chi connectivity index (χ3n) is 4.27. The van der Waals surface area contributed by atoms with Gasteiger partial charge in [0.25, 0.3) is 11.8 Å². The van der Waals surface area contributed by atoms with Crippen molar-refractivity contribution in [1.82, 2.24) is 10.1 Å². The molecule has 0 aliphatic carbocycles. The Labute approximate surface area is 181 Å². The van der Waals surface area contributed by atoms with Gasteiger partial charge in [-0.15, -0.1) is 0 Å². The lowest BCUT2D eigenvalue weighted by Gasteiger charge is -2.08. The van der Waals surface area contributed by atoms with Crippen LogP contribution in [-0.4, -0.2) is 23.2 Å². The maximum Gasteiger partial charge on any atom is 0.260 e. The highest BCUT2D eigenvalue weighted by Gasteiger charge is 2.16. The molecular formula is C22H16IN3O3. The molecule has 29 heavy (non-hydrogen) atoms. The van der Waals surface area contributed by atoms with Crippen LogP contribution in [0.15, 0.2) is 77.3 Å². The van der Waals surface area contributed by atoms with E-state index in [9.17, 15) is 4.79 Å². The van der Waals surface area contributed by atoms with E-state index in [1.807, 2.05) is 60.7 Å². The smallest absolute Gasteiger partial charge is 0.260 e. The fourth-order valence-corrected chi connectivity index (χ4v) is 3.34. The average Bonchev–Trinajstić information content (AvgIpc) is 3.24. The topological polar surface area (TPSA) is 77.3 Å². The molecule has 0 unspecified atom stereocenters. The summed E-state index contributed by atoms with van der Waals surface area (Å²) in [6.45, 7) is 0. The number of amides is 1. The average molecular weight is 497 g/mol. The molecule has 1 aromatic heterocycles. The van der Waals surface area contributed by atoms with Crippen molar-refractivity contribution in [2.24, 2.45) is 0 Å². The molecule has 0 atom stereocenters. The minimum Gasteiger partial charge on any atom is -0.497 e. The summed E-state index contributed by atoms with van der Waals surface area (Å²) in [5.74, 6) is 1.34. The molecule has 1 N–H and O–H groups in total. The van der Waals surface area contributed by atoms with Crippen LogP contribution in [-0.2, 0) is 0 Å². The molecular weight excluding hydrogens is 481 g/mol. The van der Waals surface area contributed by atoms with Crippen LogP contribution in [0.1, 0.15) is 10.4 Å². The van der Waals surface area contributed by atoms with E-state index >= 15 is 0 Å². The SMILES string of the molecule is COc1ccc(-c2noc(-c3ccccc3NC(=O)c3cccc(I)c3)n2)cc1. The number of nitrogens with zero attached hydrogens (tertiary/aromatic N) is 2. The van der Waals surface area contributed by atoms with Crippen LogP contribution in [0, 0.1) is 3.57 Å². The summed E-state index contributed by atoms with van der Waals surface area (Å²) in [7, 11) is 1.61. The van der Waals surface area contributed by atoms with Gasteiger partial charge in [-0.3, -0.25) is 4.79 Å². The van der Waals surface area contributed by atoms with Gasteiger partial charge in [0, 0.05) is 14.7 Å². The number of hydrogen-bond donors (Lipinski definition) is 1. The molecule has 4 rings (SSSR count). The molecule has 1 heterocycles. The Morgan fingerprint density at radius 2 is 1.83 bits per heavy atom. The highest BCUT2D eigenvalue weighted by Crippen LogP contribution is 2.29. The zero-order valence-electron chi connectivity index (χ0n) is 15.4. The van der Waals surface area contributed by atoms with Gasteiger partial charge >= 0.3 is 0 Å². The van der Waals surface area contributed by atoms with E-state index in [2.05, 4.69) is 38.0 Å². The predicted molar refractivity (Wildman–Crippen MR) is 119 cm³/mol. The second-order valence-corrected chi connectivity index (χ2v) is 7.41. The molecule has 1 amide bonds. The zero-order chi connectivity index (χ0) is 20.2. The Morgan fingerprint density at radius 3 is 2.59 bits per heavy atom. The van der Waals surface area contributed by atoms with E-state index in [0.29, 0.717) is 28.5 Å². The lowest BCUT2D eigenvalue weighted by molar-refractivity contribution is 0.102. The molecule has 0 radical (unpaired) electrons. The Hall–Kier alpha value is -3.20. The number of aromatic nitrogens is 2. The number of ether oxygens (including phenoxy) is 1. The molecule has 0 saturated heterocycles. The largest absolute Gasteiger partial charge is 0.497 e. The molecule has 0 spiro atoms. The first-order valence-corrected chi connectivity index (χ1v) is 9.86. The molecule has 0 bridgehead atoms. The highest BCUT2D eigenvalue weighted by molar-refractivity contribution is 14.1. The third kappa shape index (κ3) is 4.29. The van der Waals surface area contributed by atoms with Gasteiger partial charge < -0.3 is 14.6 Å².